The molecule has 0 atom stereocenters. The highest BCUT2D eigenvalue weighted by Crippen LogP contribution is 2.25. The van der Waals surface area contributed by atoms with Crippen molar-refractivity contribution in [1.82, 2.24) is 14.8 Å². The molecule has 4 heteroatoms. The number of thioether (sulfide) groups is 1. The van der Waals surface area contributed by atoms with Gasteiger partial charge in [0.05, 0.1) is 0 Å². The first kappa shape index (κ1) is 18.5. The molecule has 0 spiro atoms. The lowest BCUT2D eigenvalue weighted by Gasteiger charge is -2.11. The van der Waals surface area contributed by atoms with Crippen LogP contribution in [0, 0.1) is 6.92 Å². The first-order chi connectivity index (χ1) is 13.8. The normalized spacial score (nSPS) is 10.9. The third-order valence-electron chi connectivity index (χ3n) is 4.63. The quantitative estimate of drug-likeness (QED) is 0.394. The fourth-order valence-corrected chi connectivity index (χ4v) is 4.18. The third kappa shape index (κ3) is 4.52. The molecule has 0 saturated heterocycles. The number of rotatable bonds is 7. The van der Waals surface area contributed by atoms with Crippen LogP contribution in [0.3, 0.4) is 0 Å². The molecular weight excluding hydrogens is 362 g/mol. The average molecular weight is 386 g/mol. The van der Waals surface area contributed by atoms with Crippen molar-refractivity contribution in [2.24, 2.45) is 0 Å². The fourth-order valence-electron chi connectivity index (χ4n) is 3.22. The van der Waals surface area contributed by atoms with Gasteiger partial charge < -0.3 is 0 Å². The minimum atomic E-state index is 0.765. The van der Waals surface area contributed by atoms with E-state index >= 15 is 0 Å². The molecule has 0 unspecified atom stereocenters. The van der Waals surface area contributed by atoms with Crippen LogP contribution in [0.4, 0.5) is 0 Å². The van der Waals surface area contributed by atoms with E-state index in [0.29, 0.717) is 0 Å². The molecule has 0 aliphatic carbocycles. The van der Waals surface area contributed by atoms with Gasteiger partial charge in [-0.05, 0) is 42.2 Å². The molecule has 0 amide bonds. The Bertz CT molecular complexity index is 1030. The second-order valence-electron chi connectivity index (χ2n) is 6.82. The van der Waals surface area contributed by atoms with Crippen LogP contribution in [0.15, 0.2) is 90.1 Å². The molecule has 4 rings (SSSR count). The minimum Gasteiger partial charge on any atom is -0.274 e. The topological polar surface area (TPSA) is 30.7 Å². The van der Waals surface area contributed by atoms with E-state index in [0.717, 1.165) is 35.3 Å². The number of hydrogen-bond acceptors (Lipinski definition) is 3. The van der Waals surface area contributed by atoms with E-state index in [9.17, 15) is 0 Å². The van der Waals surface area contributed by atoms with E-state index in [1.54, 1.807) is 11.8 Å². The molecule has 0 radical (unpaired) electrons. The lowest BCUT2D eigenvalue weighted by Crippen LogP contribution is -2.04. The minimum absolute atomic E-state index is 0.765. The molecule has 1 heterocycles. The maximum absolute atomic E-state index is 4.54. The Balaban J connectivity index is 1.60. The van der Waals surface area contributed by atoms with E-state index in [1.165, 1.54) is 16.7 Å². The van der Waals surface area contributed by atoms with Crippen molar-refractivity contribution in [3.63, 3.8) is 0 Å². The van der Waals surface area contributed by atoms with Gasteiger partial charge in [0.15, 0.2) is 5.16 Å². The largest absolute Gasteiger partial charge is 0.274 e. The predicted molar refractivity (Wildman–Crippen MR) is 116 cm³/mol. The maximum atomic E-state index is 4.54. The molecule has 140 valence electrons. The van der Waals surface area contributed by atoms with Gasteiger partial charge in [0.25, 0.3) is 0 Å². The lowest BCUT2D eigenvalue weighted by molar-refractivity contribution is 0.846. The van der Waals surface area contributed by atoms with Gasteiger partial charge in [0.1, 0.15) is 5.82 Å². The van der Waals surface area contributed by atoms with Crippen molar-refractivity contribution in [1.29, 1.82) is 0 Å². The Hall–Kier alpha value is -2.85. The van der Waals surface area contributed by atoms with Crippen LogP contribution in [-0.4, -0.2) is 20.5 Å². The molecule has 0 saturated carbocycles. The van der Waals surface area contributed by atoms with Crippen molar-refractivity contribution in [3.05, 3.63) is 107 Å². The van der Waals surface area contributed by atoms with E-state index in [1.807, 2.05) is 6.07 Å². The Labute approximate surface area is 170 Å². The number of nitrogens with zero attached hydrogens (tertiary/aromatic N) is 3. The van der Waals surface area contributed by atoms with Crippen molar-refractivity contribution < 1.29 is 0 Å². The molecule has 28 heavy (non-hydrogen) atoms. The summed E-state index contributed by atoms with van der Waals surface area (Å²) in [5.74, 6) is 1.94. The lowest BCUT2D eigenvalue weighted by atomic mass is 10.1. The first-order valence-corrected chi connectivity index (χ1v) is 10.5. The number of benzene rings is 3. The maximum Gasteiger partial charge on any atom is 0.195 e. The summed E-state index contributed by atoms with van der Waals surface area (Å²) in [6.45, 7) is 2.12. The zero-order valence-electron chi connectivity index (χ0n) is 16.0. The molecule has 0 bridgehead atoms. The number of aryl methyl sites for hydroxylation is 2. The van der Waals surface area contributed by atoms with Gasteiger partial charge in [-0.1, -0.05) is 84.6 Å². The number of hydrogen-bond donors (Lipinski definition) is 0. The zero-order valence-corrected chi connectivity index (χ0v) is 16.8. The molecular formula is C24H23N3S. The van der Waals surface area contributed by atoms with Gasteiger partial charge in [-0.3, -0.25) is 4.57 Å². The van der Waals surface area contributed by atoms with Gasteiger partial charge in [-0.25, -0.2) is 0 Å². The highest BCUT2D eigenvalue weighted by molar-refractivity contribution is 7.99. The molecule has 0 aliphatic rings. The Morgan fingerprint density at radius 3 is 2.21 bits per heavy atom. The van der Waals surface area contributed by atoms with Gasteiger partial charge in [0, 0.05) is 17.9 Å². The van der Waals surface area contributed by atoms with E-state index in [2.05, 4.69) is 101 Å². The average Bonchev–Trinajstić information content (AvgIpc) is 3.12. The summed E-state index contributed by atoms with van der Waals surface area (Å²) >= 11 is 1.76. The zero-order chi connectivity index (χ0) is 19.2. The molecule has 0 fully saturated rings. The van der Waals surface area contributed by atoms with Gasteiger partial charge in [-0.2, -0.15) is 0 Å². The van der Waals surface area contributed by atoms with Crippen molar-refractivity contribution in [3.8, 4) is 5.69 Å². The molecule has 0 aliphatic heterocycles. The van der Waals surface area contributed by atoms with Crippen LogP contribution in [-0.2, 0) is 12.8 Å². The Kier molecular flexibility index (Phi) is 5.88. The Morgan fingerprint density at radius 1 is 0.786 bits per heavy atom. The van der Waals surface area contributed by atoms with E-state index in [-0.39, 0.29) is 0 Å². The molecule has 4 aromatic rings. The highest BCUT2D eigenvalue weighted by Gasteiger charge is 2.15. The predicted octanol–water partition coefficient (Wildman–Crippen LogP) is 5.50. The van der Waals surface area contributed by atoms with Gasteiger partial charge in [0.2, 0.25) is 0 Å². The summed E-state index contributed by atoms with van der Waals surface area (Å²) in [5, 5.41) is 10.0. The standard InChI is InChI=1S/C24H23N3S/c1-19-9-8-14-22(17-19)27-23(18-21-12-6-3-7-13-21)25-26-24(27)28-16-15-20-10-4-2-5-11-20/h2-14,17H,15-16,18H2,1H3. The van der Waals surface area contributed by atoms with Crippen molar-refractivity contribution >= 4 is 11.8 Å². The third-order valence-corrected chi connectivity index (χ3v) is 5.56. The summed E-state index contributed by atoms with van der Waals surface area (Å²) in [6, 6.07) is 29.6. The van der Waals surface area contributed by atoms with Crippen LogP contribution in [0.1, 0.15) is 22.5 Å². The Morgan fingerprint density at radius 2 is 1.50 bits per heavy atom. The van der Waals surface area contributed by atoms with E-state index < -0.39 is 0 Å². The van der Waals surface area contributed by atoms with Crippen LogP contribution in [0.2, 0.25) is 0 Å². The van der Waals surface area contributed by atoms with Gasteiger partial charge >= 0.3 is 0 Å². The SMILES string of the molecule is Cc1cccc(-n2c(Cc3ccccc3)nnc2SCCc2ccccc2)c1. The second-order valence-corrected chi connectivity index (χ2v) is 7.88. The smallest absolute Gasteiger partial charge is 0.195 e. The van der Waals surface area contributed by atoms with Crippen molar-refractivity contribution in [2.75, 3.05) is 5.75 Å². The molecule has 3 aromatic carbocycles. The first-order valence-electron chi connectivity index (χ1n) is 9.51. The number of aromatic nitrogens is 3. The highest BCUT2D eigenvalue weighted by atomic mass is 32.2. The summed E-state index contributed by atoms with van der Waals surface area (Å²) in [5.41, 5.74) is 4.95. The van der Waals surface area contributed by atoms with Gasteiger partial charge in [-0.15, -0.1) is 10.2 Å². The molecule has 0 N–H and O–H groups in total. The van der Waals surface area contributed by atoms with Crippen LogP contribution < -0.4 is 0 Å². The summed E-state index contributed by atoms with van der Waals surface area (Å²) in [7, 11) is 0. The fraction of sp³-hybridized carbons (Fsp3) is 0.167. The molecule has 1 aromatic heterocycles. The van der Waals surface area contributed by atoms with Crippen LogP contribution >= 0.6 is 11.8 Å². The van der Waals surface area contributed by atoms with Crippen molar-refractivity contribution in [2.45, 2.75) is 24.9 Å². The summed E-state index contributed by atoms with van der Waals surface area (Å²) in [4.78, 5) is 0. The van der Waals surface area contributed by atoms with Crippen LogP contribution in [0.25, 0.3) is 5.69 Å². The second kappa shape index (κ2) is 8.89. The summed E-state index contributed by atoms with van der Waals surface area (Å²) in [6.07, 6.45) is 1.78. The molecule has 3 nitrogen and oxygen atoms in total. The van der Waals surface area contributed by atoms with Crippen LogP contribution in [0.5, 0.6) is 0 Å². The summed E-state index contributed by atoms with van der Waals surface area (Å²) < 4.78 is 2.20. The van der Waals surface area contributed by atoms with E-state index in [4.69, 9.17) is 0 Å². The monoisotopic (exact) mass is 385 g/mol.